The second-order valence-corrected chi connectivity index (χ2v) is 8.06. The Labute approximate surface area is 126 Å². The lowest BCUT2D eigenvalue weighted by molar-refractivity contribution is -0.387. The van der Waals surface area contributed by atoms with Gasteiger partial charge in [-0.05, 0) is 30.2 Å². The van der Waals surface area contributed by atoms with Crippen LogP contribution in [0.2, 0.25) is 0 Å². The standard InChI is InChI=1S/C14H13NO4S2/c1-2-11-7-9-12(10-8-11)21(18,19)20-14-6-4-3-5-13(14)15(16)17/h3-10H,2H2,1H3. The van der Waals surface area contributed by atoms with E-state index in [1.165, 1.54) is 30.3 Å². The summed E-state index contributed by atoms with van der Waals surface area (Å²) in [6.07, 6.45) is 0.817. The van der Waals surface area contributed by atoms with E-state index in [4.69, 9.17) is 0 Å². The molecule has 0 saturated heterocycles. The zero-order valence-electron chi connectivity index (χ0n) is 11.2. The number of nitro benzene ring substituents is 1. The van der Waals surface area contributed by atoms with Crippen LogP contribution in [0.4, 0.5) is 5.69 Å². The van der Waals surface area contributed by atoms with E-state index in [0.717, 1.165) is 12.0 Å². The molecular weight excluding hydrogens is 310 g/mol. The second kappa shape index (κ2) is 6.28. The van der Waals surface area contributed by atoms with Gasteiger partial charge in [0.2, 0.25) is 8.87 Å². The fourth-order valence-electron chi connectivity index (χ4n) is 1.74. The van der Waals surface area contributed by atoms with Crippen LogP contribution in [-0.2, 0) is 15.3 Å². The maximum atomic E-state index is 12.3. The molecule has 110 valence electrons. The molecule has 0 aliphatic heterocycles. The van der Waals surface area contributed by atoms with Crippen molar-refractivity contribution in [3.8, 4) is 0 Å². The molecule has 21 heavy (non-hydrogen) atoms. The van der Waals surface area contributed by atoms with E-state index in [9.17, 15) is 18.5 Å². The van der Waals surface area contributed by atoms with E-state index < -0.39 is 13.8 Å². The molecule has 2 aromatic rings. The number of nitro groups is 1. The molecule has 0 atom stereocenters. The van der Waals surface area contributed by atoms with Crippen molar-refractivity contribution in [2.45, 2.75) is 23.1 Å². The number of aryl methyl sites for hydroxylation is 1. The molecule has 0 unspecified atom stereocenters. The van der Waals surface area contributed by atoms with Crippen LogP contribution in [0.25, 0.3) is 0 Å². The molecule has 0 aromatic heterocycles. The van der Waals surface area contributed by atoms with Crippen molar-refractivity contribution in [2.75, 3.05) is 0 Å². The second-order valence-electron chi connectivity index (χ2n) is 4.26. The van der Waals surface area contributed by atoms with Gasteiger partial charge in [0, 0.05) is 16.9 Å². The number of hydrogen-bond donors (Lipinski definition) is 0. The van der Waals surface area contributed by atoms with Gasteiger partial charge in [-0.1, -0.05) is 31.2 Å². The molecule has 0 spiro atoms. The van der Waals surface area contributed by atoms with Crippen molar-refractivity contribution in [1.82, 2.24) is 0 Å². The van der Waals surface area contributed by atoms with Crippen LogP contribution in [-0.4, -0.2) is 13.3 Å². The predicted octanol–water partition coefficient (Wildman–Crippen LogP) is 3.64. The van der Waals surface area contributed by atoms with E-state index in [-0.39, 0.29) is 15.5 Å². The lowest BCUT2D eigenvalue weighted by atomic mass is 10.2. The Morgan fingerprint density at radius 3 is 2.29 bits per heavy atom. The summed E-state index contributed by atoms with van der Waals surface area (Å²) in [5.74, 6) is 0. The van der Waals surface area contributed by atoms with Gasteiger partial charge < -0.3 is 0 Å². The third-order valence-electron chi connectivity index (χ3n) is 2.88. The number of nitrogens with zero attached hydrogens (tertiary/aromatic N) is 1. The summed E-state index contributed by atoms with van der Waals surface area (Å²) in [5, 5.41) is 10.9. The first-order valence-corrected chi connectivity index (χ1v) is 9.02. The lowest BCUT2D eigenvalue weighted by Crippen LogP contribution is -1.97. The maximum Gasteiger partial charge on any atom is 0.283 e. The van der Waals surface area contributed by atoms with Gasteiger partial charge in [0.05, 0.1) is 9.82 Å². The lowest BCUT2D eigenvalue weighted by Gasteiger charge is -2.05. The Balaban J connectivity index is 2.35. The average molecular weight is 323 g/mol. The molecule has 7 heteroatoms. The van der Waals surface area contributed by atoms with Crippen LogP contribution in [0.3, 0.4) is 0 Å². The van der Waals surface area contributed by atoms with Gasteiger partial charge in [-0.2, -0.15) is 0 Å². The molecule has 0 amide bonds. The first kappa shape index (κ1) is 15.5. The van der Waals surface area contributed by atoms with Gasteiger partial charge in [0.1, 0.15) is 4.90 Å². The molecule has 0 aliphatic rings. The van der Waals surface area contributed by atoms with E-state index in [1.54, 1.807) is 18.2 Å². The Kier molecular flexibility index (Phi) is 4.64. The number of rotatable bonds is 5. The Bertz CT molecular complexity index is 755. The van der Waals surface area contributed by atoms with Gasteiger partial charge in [-0.3, -0.25) is 10.1 Å². The molecule has 5 nitrogen and oxygen atoms in total. The molecular formula is C14H13NO4S2. The highest BCUT2D eigenvalue weighted by molar-refractivity contribution is 8.72. The molecule has 0 aliphatic carbocycles. The van der Waals surface area contributed by atoms with Crippen LogP contribution in [0.1, 0.15) is 12.5 Å². The first-order chi connectivity index (χ1) is 9.94. The van der Waals surface area contributed by atoms with Crippen molar-refractivity contribution in [3.63, 3.8) is 0 Å². The Hall–Kier alpha value is -1.86. The first-order valence-electron chi connectivity index (χ1n) is 6.21. The third kappa shape index (κ3) is 3.62. The smallest absolute Gasteiger partial charge is 0.258 e. The van der Waals surface area contributed by atoms with Crippen molar-refractivity contribution in [3.05, 3.63) is 64.2 Å². The highest BCUT2D eigenvalue weighted by Gasteiger charge is 2.22. The number of para-hydroxylation sites is 1. The van der Waals surface area contributed by atoms with Crippen molar-refractivity contribution >= 4 is 25.4 Å². The van der Waals surface area contributed by atoms with Crippen LogP contribution in [0.15, 0.2) is 58.3 Å². The summed E-state index contributed by atoms with van der Waals surface area (Å²) in [4.78, 5) is 10.6. The van der Waals surface area contributed by atoms with E-state index >= 15 is 0 Å². The summed E-state index contributed by atoms with van der Waals surface area (Å²) in [6, 6.07) is 12.3. The van der Waals surface area contributed by atoms with Gasteiger partial charge in [-0.25, -0.2) is 8.42 Å². The van der Waals surface area contributed by atoms with Gasteiger partial charge in [0.25, 0.3) is 5.69 Å². The van der Waals surface area contributed by atoms with Gasteiger partial charge >= 0.3 is 0 Å². The average Bonchev–Trinajstić information content (AvgIpc) is 2.47. The Morgan fingerprint density at radius 2 is 1.71 bits per heavy atom. The van der Waals surface area contributed by atoms with Crippen LogP contribution in [0.5, 0.6) is 0 Å². The minimum Gasteiger partial charge on any atom is -0.258 e. The van der Waals surface area contributed by atoms with Crippen molar-refractivity contribution < 1.29 is 13.3 Å². The largest absolute Gasteiger partial charge is 0.283 e. The fraction of sp³-hybridized carbons (Fsp3) is 0.143. The van der Waals surface area contributed by atoms with E-state index in [2.05, 4.69) is 0 Å². The molecule has 0 radical (unpaired) electrons. The van der Waals surface area contributed by atoms with Crippen LogP contribution < -0.4 is 0 Å². The van der Waals surface area contributed by atoms with Crippen LogP contribution in [0, 0.1) is 10.1 Å². The molecule has 2 aromatic carbocycles. The maximum absolute atomic E-state index is 12.3. The topological polar surface area (TPSA) is 77.3 Å². The van der Waals surface area contributed by atoms with Crippen LogP contribution >= 0.6 is 10.8 Å². The molecule has 0 N–H and O–H groups in total. The quantitative estimate of drug-likeness (QED) is 0.477. The Morgan fingerprint density at radius 1 is 1.10 bits per heavy atom. The number of hydrogen-bond acceptors (Lipinski definition) is 5. The van der Waals surface area contributed by atoms with Gasteiger partial charge in [0.15, 0.2) is 0 Å². The third-order valence-corrected chi connectivity index (χ3v) is 6.25. The SMILES string of the molecule is CCc1ccc(S(=O)(=O)Sc2ccccc2[N+](=O)[O-])cc1. The molecule has 2 rings (SSSR count). The minimum atomic E-state index is -3.68. The zero-order valence-corrected chi connectivity index (χ0v) is 12.9. The highest BCUT2D eigenvalue weighted by Crippen LogP contribution is 2.36. The summed E-state index contributed by atoms with van der Waals surface area (Å²) in [5.41, 5.74) is 0.820. The molecule has 0 bridgehead atoms. The monoisotopic (exact) mass is 323 g/mol. The normalized spacial score (nSPS) is 11.3. The zero-order chi connectivity index (χ0) is 15.5. The fourth-order valence-corrected chi connectivity index (χ4v) is 4.65. The summed E-state index contributed by atoms with van der Waals surface area (Å²) in [6.45, 7) is 1.98. The highest BCUT2D eigenvalue weighted by atomic mass is 33.1. The molecule has 0 saturated carbocycles. The van der Waals surface area contributed by atoms with Gasteiger partial charge in [-0.15, -0.1) is 0 Å². The minimum absolute atomic E-state index is 0.113. The predicted molar refractivity (Wildman–Crippen MR) is 82.0 cm³/mol. The summed E-state index contributed by atoms with van der Waals surface area (Å²) >= 11 is 0. The number of benzene rings is 2. The summed E-state index contributed by atoms with van der Waals surface area (Å²) in [7, 11) is -3.18. The van der Waals surface area contributed by atoms with E-state index in [1.807, 2.05) is 6.92 Å². The molecule has 0 heterocycles. The van der Waals surface area contributed by atoms with E-state index in [0.29, 0.717) is 10.8 Å². The van der Waals surface area contributed by atoms with Crippen molar-refractivity contribution in [1.29, 1.82) is 0 Å². The molecule has 0 fully saturated rings. The van der Waals surface area contributed by atoms with Crippen molar-refractivity contribution in [2.24, 2.45) is 0 Å². The summed E-state index contributed by atoms with van der Waals surface area (Å²) < 4.78 is 24.6.